The van der Waals surface area contributed by atoms with Crippen molar-refractivity contribution in [2.75, 3.05) is 17.5 Å². The number of carbonyl (C=O) groups is 2. The van der Waals surface area contributed by atoms with Crippen LogP contribution in [0.1, 0.15) is 51.8 Å². The second kappa shape index (κ2) is 10.4. The van der Waals surface area contributed by atoms with Crippen molar-refractivity contribution in [3.63, 3.8) is 0 Å². The van der Waals surface area contributed by atoms with Crippen LogP contribution >= 0.6 is 0 Å². The lowest BCUT2D eigenvalue weighted by Crippen LogP contribution is -2.44. The van der Waals surface area contributed by atoms with Gasteiger partial charge < -0.3 is 19.4 Å². The zero-order valence-electron chi connectivity index (χ0n) is 20.8. The maximum Gasteiger partial charge on any atom is 0.310 e. The zero-order valence-corrected chi connectivity index (χ0v) is 21.6. The molecule has 0 aliphatic carbocycles. The summed E-state index contributed by atoms with van der Waals surface area (Å²) in [6, 6.07) is 4.95. The lowest BCUT2D eigenvalue weighted by molar-refractivity contribution is -0.153. The molecule has 11 heteroatoms. The first-order valence-electron chi connectivity index (χ1n) is 11.5. The molecule has 1 atom stereocenters. The number of esters is 1. The summed E-state index contributed by atoms with van der Waals surface area (Å²) in [5.74, 6) is -0.0894. The van der Waals surface area contributed by atoms with Crippen LogP contribution in [-0.4, -0.2) is 59.9 Å². The molecule has 0 spiro atoms. The van der Waals surface area contributed by atoms with Gasteiger partial charge in [0.1, 0.15) is 28.1 Å². The molecule has 1 aliphatic rings. The quantitative estimate of drug-likeness (QED) is 0.513. The number of rotatable bonds is 9. The second-order valence-corrected chi connectivity index (χ2v) is 11.5. The van der Waals surface area contributed by atoms with Crippen molar-refractivity contribution in [1.29, 1.82) is 0 Å². The van der Waals surface area contributed by atoms with Gasteiger partial charge >= 0.3 is 5.97 Å². The second-order valence-electron chi connectivity index (χ2n) is 9.62. The molecule has 1 aromatic carbocycles. The first-order chi connectivity index (χ1) is 16.3. The number of ether oxygens (including phenoxy) is 2. The van der Waals surface area contributed by atoms with Gasteiger partial charge in [0.2, 0.25) is 0 Å². The van der Waals surface area contributed by atoms with Gasteiger partial charge in [-0.25, -0.2) is 8.42 Å². The van der Waals surface area contributed by atoms with Crippen LogP contribution in [0.15, 0.2) is 29.3 Å². The largest absolute Gasteiger partial charge is 0.486 e. The molecule has 35 heavy (non-hydrogen) atoms. The molecule has 1 N–H and O–H groups in total. The molecule has 0 amide bonds. The Balaban J connectivity index is 2.00. The smallest absolute Gasteiger partial charge is 0.310 e. The number of anilines is 1. The van der Waals surface area contributed by atoms with Crippen molar-refractivity contribution < 1.29 is 32.6 Å². The van der Waals surface area contributed by atoms with E-state index < -0.39 is 27.7 Å². The maximum absolute atomic E-state index is 13.8. The van der Waals surface area contributed by atoms with Crippen molar-refractivity contribution in [3.05, 3.63) is 35.7 Å². The predicted molar refractivity (Wildman–Crippen MR) is 129 cm³/mol. The summed E-state index contributed by atoms with van der Waals surface area (Å²) in [6.45, 7) is 8.44. The topological polar surface area (TPSA) is 128 Å². The molecule has 0 saturated heterocycles. The first kappa shape index (κ1) is 26.7. The average Bonchev–Trinajstić information content (AvgIpc) is 3.11. The van der Waals surface area contributed by atoms with Crippen LogP contribution < -0.4 is 9.04 Å². The van der Waals surface area contributed by atoms with Crippen LogP contribution in [0, 0.1) is 6.92 Å². The van der Waals surface area contributed by atoms with Gasteiger partial charge in [0.25, 0.3) is 10.0 Å². The average molecular weight is 508 g/mol. The van der Waals surface area contributed by atoms with Gasteiger partial charge in [0.05, 0.1) is 43.7 Å². The molecule has 0 radical (unpaired) electrons. The molecule has 3 rings (SSSR count). The van der Waals surface area contributed by atoms with E-state index in [0.29, 0.717) is 29.1 Å². The number of nitrogens with zero attached hydrogens (tertiary/aromatic N) is 3. The van der Waals surface area contributed by atoms with E-state index in [4.69, 9.17) is 9.47 Å². The van der Waals surface area contributed by atoms with Crippen LogP contribution in [0.3, 0.4) is 0 Å². The Morgan fingerprint density at radius 2 is 2.00 bits per heavy atom. The molecular weight excluding hydrogens is 474 g/mol. The van der Waals surface area contributed by atoms with E-state index in [1.807, 2.05) is 0 Å². The van der Waals surface area contributed by atoms with Crippen LogP contribution in [0.2, 0.25) is 0 Å². The Morgan fingerprint density at radius 3 is 2.63 bits per heavy atom. The van der Waals surface area contributed by atoms with Crippen LogP contribution in [-0.2, 0) is 37.3 Å². The fourth-order valence-corrected chi connectivity index (χ4v) is 5.54. The van der Waals surface area contributed by atoms with Crippen molar-refractivity contribution in [3.8, 4) is 5.75 Å². The van der Waals surface area contributed by atoms with Gasteiger partial charge in [0.15, 0.2) is 0 Å². The van der Waals surface area contributed by atoms with E-state index in [2.05, 4.69) is 5.10 Å². The minimum Gasteiger partial charge on any atom is -0.486 e. The number of carbonyl (C=O) groups excluding carboxylic acids is 2. The number of hydrogen-bond acceptors (Lipinski definition) is 8. The molecule has 1 aliphatic heterocycles. The Bertz CT molecular complexity index is 1200. The van der Waals surface area contributed by atoms with Gasteiger partial charge in [-0.05, 0) is 58.7 Å². The Labute approximate surface area is 205 Å². The maximum atomic E-state index is 13.8. The number of ketones is 1. The Morgan fingerprint density at radius 1 is 1.29 bits per heavy atom. The third-order valence-electron chi connectivity index (χ3n) is 5.48. The summed E-state index contributed by atoms with van der Waals surface area (Å²) >= 11 is 0. The minimum absolute atomic E-state index is 0.00310. The third kappa shape index (κ3) is 6.40. The lowest BCUT2D eigenvalue weighted by Gasteiger charge is -2.35. The van der Waals surface area contributed by atoms with Gasteiger partial charge in [-0.2, -0.15) is 5.10 Å². The Kier molecular flexibility index (Phi) is 7.90. The number of aromatic nitrogens is 2. The summed E-state index contributed by atoms with van der Waals surface area (Å²) in [4.78, 5) is 23.9. The van der Waals surface area contributed by atoms with Crippen LogP contribution in [0.25, 0.3) is 0 Å². The summed E-state index contributed by atoms with van der Waals surface area (Å²) in [7, 11) is -4.06. The zero-order chi connectivity index (χ0) is 26.0. The predicted octanol–water partition coefficient (Wildman–Crippen LogP) is 2.39. The molecule has 192 valence electrons. The highest BCUT2D eigenvalue weighted by atomic mass is 32.2. The lowest BCUT2D eigenvalue weighted by atomic mass is 10.1. The SMILES string of the molecule is CC(=O)CC[C@H]1CN(S(=O)(=O)c2cnn(CCO)c2C)c2cc(CC(=O)OC(C)(C)C)ccc2O1. The number of benzene rings is 1. The molecular formula is C24H33N3O7S. The first-order valence-corrected chi connectivity index (χ1v) is 12.9. The third-order valence-corrected chi connectivity index (χ3v) is 7.36. The number of sulfonamides is 1. The van der Waals surface area contributed by atoms with Crippen molar-refractivity contribution in [2.45, 2.75) is 77.0 Å². The summed E-state index contributed by atoms with van der Waals surface area (Å²) in [5.41, 5.74) is 0.647. The Hall–Kier alpha value is -2.92. The molecule has 2 heterocycles. The fraction of sp³-hybridized carbons (Fsp3) is 0.542. The standard InChI is InChI=1S/C24H33N3O7S/c1-16(29)6-8-19-15-27(35(31,32)22-14-25-26(10-11-28)17(22)2)20-12-18(7-9-21(20)33-19)13-23(30)34-24(3,4)5/h7,9,12,14,19,28H,6,8,10-11,13,15H2,1-5H3/t19-/m0/s1. The van der Waals surface area contributed by atoms with Crippen molar-refractivity contribution in [1.82, 2.24) is 9.78 Å². The van der Waals surface area contributed by atoms with Gasteiger partial charge in [-0.15, -0.1) is 0 Å². The van der Waals surface area contributed by atoms with Gasteiger partial charge in [-0.3, -0.25) is 13.8 Å². The van der Waals surface area contributed by atoms with E-state index in [9.17, 15) is 23.1 Å². The van der Waals surface area contributed by atoms with Crippen molar-refractivity contribution in [2.24, 2.45) is 0 Å². The highest BCUT2D eigenvalue weighted by molar-refractivity contribution is 7.92. The molecule has 0 unspecified atom stereocenters. The fourth-order valence-electron chi connectivity index (χ4n) is 3.88. The molecule has 1 aromatic heterocycles. The molecule has 0 fully saturated rings. The van der Waals surface area contributed by atoms with Gasteiger partial charge in [0, 0.05) is 6.42 Å². The van der Waals surface area contributed by atoms with Crippen molar-refractivity contribution >= 4 is 27.5 Å². The number of aliphatic hydroxyl groups is 1. The summed E-state index contributed by atoms with van der Waals surface area (Å²) in [6.07, 6.45) is 1.34. The molecule has 0 saturated carbocycles. The molecule has 2 aromatic rings. The number of Topliss-reactive ketones (excluding diaryl/α,β-unsaturated/α-hetero) is 1. The summed E-state index contributed by atoms with van der Waals surface area (Å²) in [5, 5.41) is 13.4. The van der Waals surface area contributed by atoms with Crippen LogP contribution in [0.4, 0.5) is 5.69 Å². The molecule has 10 nitrogen and oxygen atoms in total. The summed E-state index contributed by atoms with van der Waals surface area (Å²) < 4.78 is 41.7. The van der Waals surface area contributed by atoms with E-state index >= 15 is 0 Å². The highest BCUT2D eigenvalue weighted by Crippen LogP contribution is 2.39. The van der Waals surface area contributed by atoms with E-state index in [-0.39, 0.29) is 43.2 Å². The monoisotopic (exact) mass is 507 g/mol. The van der Waals surface area contributed by atoms with Gasteiger partial charge in [-0.1, -0.05) is 6.07 Å². The van der Waals surface area contributed by atoms with Crippen LogP contribution in [0.5, 0.6) is 5.75 Å². The van der Waals surface area contributed by atoms with E-state index in [0.717, 1.165) is 0 Å². The van der Waals surface area contributed by atoms with E-state index in [1.54, 1.807) is 45.9 Å². The normalized spacial score (nSPS) is 15.9. The number of aliphatic hydroxyl groups excluding tert-OH is 1. The number of hydrogen-bond donors (Lipinski definition) is 1. The highest BCUT2D eigenvalue weighted by Gasteiger charge is 2.36. The number of fused-ring (bicyclic) bond motifs is 1. The minimum atomic E-state index is -4.06. The molecule has 0 bridgehead atoms. The van der Waals surface area contributed by atoms with E-state index in [1.165, 1.54) is 22.1 Å².